The summed E-state index contributed by atoms with van der Waals surface area (Å²) in [6.45, 7) is -2.57. The van der Waals surface area contributed by atoms with Gasteiger partial charge in [-0.2, -0.15) is 13.2 Å². The topological polar surface area (TPSA) is 308 Å². The van der Waals surface area contributed by atoms with E-state index in [0.29, 0.717) is 50.1 Å². The second-order valence-corrected chi connectivity index (χ2v) is 22.4. The number of hydrogen-bond donors (Lipinski definition) is 3. The van der Waals surface area contributed by atoms with Crippen LogP contribution in [0.2, 0.25) is 0 Å². The van der Waals surface area contributed by atoms with Gasteiger partial charge in [-0.25, -0.2) is 57.5 Å². The Labute approximate surface area is 569 Å². The monoisotopic (exact) mass is 1370 g/mol. The first kappa shape index (κ1) is 72.1. The number of aliphatic imine (C=N–C) groups is 3. The molecule has 0 spiro atoms. The number of hydrogen-bond acceptors (Lipinski definition) is 18. The van der Waals surface area contributed by atoms with Gasteiger partial charge in [-0.1, -0.05) is 54.6 Å². The number of amides is 3. The quantitative estimate of drug-likeness (QED) is 0.0255. The number of guanidine groups is 3. The van der Waals surface area contributed by atoms with E-state index < -0.39 is 90.1 Å². The number of ether oxygens (including phenoxy) is 3. The molecule has 31 heteroatoms. The molecule has 9 heterocycles. The van der Waals surface area contributed by atoms with Gasteiger partial charge >= 0.3 is 17.9 Å². The molecule has 6 aromatic heterocycles. The predicted molar refractivity (Wildman–Crippen MR) is 355 cm³/mol. The molecule has 3 amide bonds. The minimum absolute atomic E-state index is 0. The lowest BCUT2D eigenvalue weighted by Crippen LogP contribution is -2.41. The van der Waals surface area contributed by atoms with Crippen LogP contribution in [-0.2, 0) is 64.8 Å². The first-order valence-corrected chi connectivity index (χ1v) is 30.1. The number of halogens is 6. The zero-order valence-electron chi connectivity index (χ0n) is 54.4. The van der Waals surface area contributed by atoms with Gasteiger partial charge in [-0.05, 0) is 106 Å². The van der Waals surface area contributed by atoms with Crippen molar-refractivity contribution in [2.75, 3.05) is 62.5 Å². The van der Waals surface area contributed by atoms with E-state index >= 15 is 0 Å². The number of nitrogens with two attached hydrogens (primary N) is 3. The molecule has 9 aromatic rings. The molecular weight excluding hydrogens is 1310 g/mol. The Hall–Kier alpha value is -12.2. The van der Waals surface area contributed by atoms with Crippen molar-refractivity contribution < 1.29 is 69.3 Å². The molecule has 0 bridgehead atoms. The second kappa shape index (κ2) is 29.7. The van der Waals surface area contributed by atoms with Gasteiger partial charge in [0.05, 0.1) is 41.0 Å². The third-order valence-electron chi connectivity index (χ3n) is 16.9. The molecule has 3 aromatic carbocycles. The van der Waals surface area contributed by atoms with Crippen molar-refractivity contribution in [3.63, 3.8) is 0 Å². The minimum atomic E-state index is -1.65. The van der Waals surface area contributed by atoms with Crippen molar-refractivity contribution in [3.05, 3.63) is 233 Å². The molecule has 24 nitrogen and oxygen atoms in total. The predicted octanol–water partition coefficient (Wildman–Crippen LogP) is 7.05. The van der Waals surface area contributed by atoms with Crippen molar-refractivity contribution in [1.29, 1.82) is 0 Å². The number of aryl methyl sites for hydroxylation is 3. The highest BCUT2D eigenvalue weighted by molar-refractivity contribution is 6.11. The summed E-state index contributed by atoms with van der Waals surface area (Å²) in [5, 5.41) is 0. The molecule has 1 unspecified atom stereocenters. The largest absolute Gasteiger partial charge is 0.464 e. The third-order valence-corrected chi connectivity index (χ3v) is 16.9. The van der Waals surface area contributed by atoms with E-state index in [1.54, 1.807) is 109 Å². The Bertz CT molecular complexity index is 4290. The molecule has 0 saturated heterocycles. The van der Waals surface area contributed by atoms with Gasteiger partial charge in [-0.3, -0.25) is 29.1 Å². The smallest absolute Gasteiger partial charge is 0.354 e. The van der Waals surface area contributed by atoms with Gasteiger partial charge < -0.3 is 45.1 Å². The van der Waals surface area contributed by atoms with E-state index in [1.165, 1.54) is 126 Å². The fourth-order valence-electron chi connectivity index (χ4n) is 11.9. The summed E-state index contributed by atoms with van der Waals surface area (Å²) in [7, 11) is 8.07. The van der Waals surface area contributed by atoms with Gasteiger partial charge in [0.15, 0.2) is 34.5 Å². The van der Waals surface area contributed by atoms with Gasteiger partial charge in [0.2, 0.25) is 17.8 Å². The first-order chi connectivity index (χ1) is 47.5. The van der Waals surface area contributed by atoms with Crippen LogP contribution in [0.25, 0.3) is 33.4 Å². The number of carbonyl (C=O) groups is 6. The van der Waals surface area contributed by atoms with Crippen molar-refractivity contribution in [3.8, 4) is 33.4 Å². The SMILES string of the molecule is COC(=O)c1cc(C2(c3cccc(-c4cccnc4F)c3)N=C(N)N(C)C2=O)cn1CCF.COC(=O)c1cc([C@@]2(c3cccc(-c4cccnc4F)c3)N=C(N)N(C)C2=O)cn1CCF.COC(=O)c1cc([C@]2(c3cccc(-c4cccnc4F)c3)N=C(N)N(C)C2=O)cn1CCF.[B]. The van der Waals surface area contributed by atoms with Gasteiger partial charge in [0, 0.05) is 100 Å². The van der Waals surface area contributed by atoms with Crippen molar-refractivity contribution in [2.24, 2.45) is 32.2 Å². The van der Waals surface area contributed by atoms with Crippen LogP contribution < -0.4 is 17.2 Å². The normalized spacial score (nSPS) is 17.7. The van der Waals surface area contributed by atoms with Crippen LogP contribution in [0, 0.1) is 17.8 Å². The average Bonchev–Trinajstić information content (AvgIpc) is 1.58. The van der Waals surface area contributed by atoms with Crippen LogP contribution in [0.1, 0.15) is 64.8 Å². The number of alkyl halides is 3. The number of likely N-dealkylation sites (N-methyl/N-ethyl adjacent to an activating group) is 3. The molecular formula is C69H63BF6N15O9. The number of methoxy groups -OCH3 is 3. The van der Waals surface area contributed by atoms with Crippen LogP contribution >= 0.6 is 0 Å². The zero-order valence-corrected chi connectivity index (χ0v) is 54.4. The summed E-state index contributed by atoms with van der Waals surface area (Å²) in [5.41, 5.74) is 17.5. The lowest BCUT2D eigenvalue weighted by molar-refractivity contribution is -0.130. The number of benzene rings is 3. The summed E-state index contributed by atoms with van der Waals surface area (Å²) in [6, 6.07) is 33.7. The molecule has 100 heavy (non-hydrogen) atoms. The Morgan fingerprint density at radius 2 is 0.670 bits per heavy atom. The number of nitrogens with zero attached hydrogens (tertiary/aromatic N) is 12. The molecule has 6 N–H and O–H groups in total. The zero-order chi connectivity index (χ0) is 71.3. The maximum absolute atomic E-state index is 14.3. The van der Waals surface area contributed by atoms with Crippen LogP contribution in [0.4, 0.5) is 26.3 Å². The molecule has 3 atom stereocenters. The van der Waals surface area contributed by atoms with Gasteiger partial charge in [-0.15, -0.1) is 0 Å². The summed E-state index contributed by atoms with van der Waals surface area (Å²) < 4.78 is 101. The van der Waals surface area contributed by atoms with Gasteiger partial charge in [0.1, 0.15) is 37.1 Å². The standard InChI is InChI=1S/3C23H21F2N5O3.B/c3*1-29-21(32)23(28-22(29)26,16-12-18(20(31)33-2)30(13-16)10-8-24)15-6-3-5-14(11-15)17-7-4-9-27-19(17)25;/h3*3-7,9,11-13H,8,10H2,1-2H3,(H2,26,28);/t2*23-;;/m10../s1. The van der Waals surface area contributed by atoms with Crippen LogP contribution in [0.15, 0.2) is 180 Å². The highest BCUT2D eigenvalue weighted by Crippen LogP contribution is 2.45. The number of aromatic nitrogens is 6. The average molecular weight is 1370 g/mol. The lowest BCUT2D eigenvalue weighted by atomic mass is 9.83. The minimum Gasteiger partial charge on any atom is -0.464 e. The van der Waals surface area contributed by atoms with E-state index in [9.17, 15) is 55.1 Å². The molecule has 0 saturated carbocycles. The molecule has 3 aliphatic rings. The summed E-state index contributed by atoms with van der Waals surface area (Å²) in [5.74, 6) is -5.57. The van der Waals surface area contributed by atoms with E-state index in [-0.39, 0.29) is 79.7 Å². The molecule has 12 rings (SSSR count). The number of pyridine rings is 3. The Morgan fingerprint density at radius 1 is 0.410 bits per heavy atom. The van der Waals surface area contributed by atoms with Crippen molar-refractivity contribution in [1.82, 2.24) is 43.4 Å². The van der Waals surface area contributed by atoms with Crippen molar-refractivity contribution in [2.45, 2.75) is 36.3 Å². The highest BCUT2D eigenvalue weighted by Gasteiger charge is 2.53. The maximum Gasteiger partial charge on any atom is 0.354 e. The van der Waals surface area contributed by atoms with Crippen LogP contribution in [0.3, 0.4) is 0 Å². The van der Waals surface area contributed by atoms with Crippen LogP contribution in [0.5, 0.6) is 0 Å². The fraction of sp³-hybridized carbons (Fsp3) is 0.217. The van der Waals surface area contributed by atoms with E-state index in [4.69, 9.17) is 31.4 Å². The number of carbonyl (C=O) groups excluding carboxylic acids is 6. The first-order valence-electron chi connectivity index (χ1n) is 30.1. The van der Waals surface area contributed by atoms with E-state index in [2.05, 4.69) is 29.9 Å². The lowest BCUT2D eigenvalue weighted by Gasteiger charge is -2.25. The molecule has 3 radical (unpaired) electrons. The Morgan fingerprint density at radius 3 is 0.880 bits per heavy atom. The molecule has 513 valence electrons. The number of esters is 3. The van der Waals surface area contributed by atoms with E-state index in [1.807, 2.05) is 0 Å². The maximum atomic E-state index is 14.3. The number of rotatable bonds is 18. The molecule has 0 aliphatic carbocycles. The third kappa shape index (κ3) is 12.9. The Balaban J connectivity index is 0.000000174. The van der Waals surface area contributed by atoms with Crippen molar-refractivity contribution >= 4 is 61.9 Å². The summed E-state index contributed by atoms with van der Waals surface area (Å²) >= 11 is 0. The summed E-state index contributed by atoms with van der Waals surface area (Å²) in [4.78, 5) is 106. The highest BCUT2D eigenvalue weighted by atomic mass is 19.1. The molecule has 3 aliphatic heterocycles. The molecule has 0 fully saturated rings. The second-order valence-electron chi connectivity index (χ2n) is 22.4. The van der Waals surface area contributed by atoms with Gasteiger partial charge in [0.25, 0.3) is 17.7 Å². The Kier molecular flexibility index (Phi) is 21.4. The van der Waals surface area contributed by atoms with E-state index in [0.717, 1.165) is 0 Å². The fourth-order valence-corrected chi connectivity index (χ4v) is 11.9. The summed E-state index contributed by atoms with van der Waals surface area (Å²) in [6.07, 6.45) is 8.47. The van der Waals surface area contributed by atoms with Crippen LogP contribution in [-0.4, -0.2) is 168 Å².